The van der Waals surface area contributed by atoms with Gasteiger partial charge in [-0.1, -0.05) is 42.5 Å². The Morgan fingerprint density at radius 2 is 1.96 bits per heavy atom. The van der Waals surface area contributed by atoms with Gasteiger partial charge in [0.05, 0.1) is 18.1 Å². The third kappa shape index (κ3) is 5.86. The second kappa shape index (κ2) is 10.1. The number of aliphatic hydroxyl groups is 1. The van der Waals surface area contributed by atoms with Gasteiger partial charge in [0.15, 0.2) is 5.96 Å². The highest BCUT2D eigenvalue weighted by Crippen LogP contribution is 2.15. The molecule has 2 aromatic carbocycles. The Morgan fingerprint density at radius 3 is 2.62 bits per heavy atom. The van der Waals surface area contributed by atoms with Gasteiger partial charge in [0.1, 0.15) is 0 Å². The van der Waals surface area contributed by atoms with Gasteiger partial charge in [-0.3, -0.25) is 10.1 Å². The standard InChI is InChI=1S/C19H24N4O3/c1-2-20-19(21-12-15-7-6-10-18(11-15)23(25)26)22-13-17(14-24)16-8-4-3-5-9-16/h3-11,17,24H,2,12-14H2,1H3,(H2,20,21,22). The molecule has 1 unspecified atom stereocenters. The van der Waals surface area contributed by atoms with E-state index in [9.17, 15) is 15.2 Å². The van der Waals surface area contributed by atoms with Gasteiger partial charge in [0, 0.05) is 31.1 Å². The van der Waals surface area contributed by atoms with Crippen molar-refractivity contribution in [2.45, 2.75) is 19.4 Å². The molecule has 3 N–H and O–H groups in total. The van der Waals surface area contributed by atoms with E-state index in [4.69, 9.17) is 0 Å². The van der Waals surface area contributed by atoms with Crippen LogP contribution in [-0.2, 0) is 6.54 Å². The highest BCUT2D eigenvalue weighted by atomic mass is 16.6. The van der Waals surface area contributed by atoms with Crippen molar-refractivity contribution in [2.75, 3.05) is 19.7 Å². The van der Waals surface area contributed by atoms with Gasteiger partial charge in [-0.2, -0.15) is 0 Å². The van der Waals surface area contributed by atoms with E-state index in [-0.39, 0.29) is 18.2 Å². The Hall–Kier alpha value is -2.93. The van der Waals surface area contributed by atoms with Crippen molar-refractivity contribution in [3.63, 3.8) is 0 Å². The summed E-state index contributed by atoms with van der Waals surface area (Å²) in [4.78, 5) is 14.9. The van der Waals surface area contributed by atoms with Crippen LogP contribution in [0.2, 0.25) is 0 Å². The summed E-state index contributed by atoms with van der Waals surface area (Å²) in [7, 11) is 0. The van der Waals surface area contributed by atoms with Crippen molar-refractivity contribution in [3.8, 4) is 0 Å². The fourth-order valence-corrected chi connectivity index (χ4v) is 2.51. The lowest BCUT2D eigenvalue weighted by molar-refractivity contribution is -0.384. The number of nitrogens with zero attached hydrogens (tertiary/aromatic N) is 2. The van der Waals surface area contributed by atoms with E-state index in [1.54, 1.807) is 12.1 Å². The zero-order chi connectivity index (χ0) is 18.8. The number of guanidine groups is 1. The van der Waals surface area contributed by atoms with Gasteiger partial charge in [0.25, 0.3) is 5.69 Å². The van der Waals surface area contributed by atoms with Crippen LogP contribution in [0.1, 0.15) is 24.0 Å². The van der Waals surface area contributed by atoms with Crippen LogP contribution in [0.5, 0.6) is 0 Å². The fraction of sp³-hybridized carbons (Fsp3) is 0.316. The van der Waals surface area contributed by atoms with Crippen LogP contribution < -0.4 is 10.6 Å². The van der Waals surface area contributed by atoms with Gasteiger partial charge in [-0.05, 0) is 18.1 Å². The molecule has 138 valence electrons. The zero-order valence-electron chi connectivity index (χ0n) is 14.8. The Morgan fingerprint density at radius 1 is 1.19 bits per heavy atom. The minimum Gasteiger partial charge on any atom is -0.396 e. The Balaban J connectivity index is 2.02. The number of hydrogen-bond donors (Lipinski definition) is 3. The van der Waals surface area contributed by atoms with Gasteiger partial charge in [-0.15, -0.1) is 0 Å². The first-order chi connectivity index (χ1) is 12.6. The summed E-state index contributed by atoms with van der Waals surface area (Å²) in [5.41, 5.74) is 1.87. The molecule has 7 nitrogen and oxygen atoms in total. The average molecular weight is 356 g/mol. The number of non-ortho nitro benzene ring substituents is 1. The third-order valence-corrected chi connectivity index (χ3v) is 3.89. The monoisotopic (exact) mass is 356 g/mol. The van der Waals surface area contributed by atoms with Crippen LogP contribution in [0, 0.1) is 10.1 Å². The molecule has 0 aliphatic carbocycles. The predicted molar refractivity (Wildman–Crippen MR) is 102 cm³/mol. The quantitative estimate of drug-likeness (QED) is 0.292. The molecular formula is C19H24N4O3. The minimum absolute atomic E-state index is 0.0291. The molecule has 0 aliphatic heterocycles. The number of nitrogens with one attached hydrogen (secondary N) is 2. The van der Waals surface area contributed by atoms with E-state index in [2.05, 4.69) is 15.6 Å². The predicted octanol–water partition coefficient (Wildman–Crippen LogP) is 2.43. The fourth-order valence-electron chi connectivity index (χ4n) is 2.51. The number of aliphatic imine (C=N–C) groups is 1. The largest absolute Gasteiger partial charge is 0.396 e. The van der Waals surface area contributed by atoms with Crippen LogP contribution in [0.4, 0.5) is 5.69 Å². The lowest BCUT2D eigenvalue weighted by Gasteiger charge is -2.18. The van der Waals surface area contributed by atoms with E-state index in [1.807, 2.05) is 37.3 Å². The number of rotatable bonds is 8. The number of nitro benzene ring substituents is 1. The van der Waals surface area contributed by atoms with E-state index in [0.29, 0.717) is 25.6 Å². The second-order valence-corrected chi connectivity index (χ2v) is 5.79. The van der Waals surface area contributed by atoms with Gasteiger partial charge in [0.2, 0.25) is 0 Å². The SMILES string of the molecule is CCNC(=NCc1cccc([N+](=O)[O-])c1)NCC(CO)c1ccccc1. The van der Waals surface area contributed by atoms with Gasteiger partial charge >= 0.3 is 0 Å². The first kappa shape index (κ1) is 19.4. The van der Waals surface area contributed by atoms with Crippen LogP contribution >= 0.6 is 0 Å². The smallest absolute Gasteiger partial charge is 0.269 e. The average Bonchev–Trinajstić information content (AvgIpc) is 2.67. The molecule has 0 aliphatic rings. The number of benzene rings is 2. The van der Waals surface area contributed by atoms with Crippen molar-refractivity contribution < 1.29 is 10.0 Å². The maximum atomic E-state index is 10.9. The van der Waals surface area contributed by atoms with Crippen LogP contribution in [0.25, 0.3) is 0 Å². The molecule has 0 saturated carbocycles. The highest BCUT2D eigenvalue weighted by molar-refractivity contribution is 5.79. The molecule has 0 amide bonds. The Bertz CT molecular complexity index is 735. The van der Waals surface area contributed by atoms with Gasteiger partial charge < -0.3 is 15.7 Å². The van der Waals surface area contributed by atoms with E-state index in [1.165, 1.54) is 12.1 Å². The topological polar surface area (TPSA) is 99.8 Å². The summed E-state index contributed by atoms with van der Waals surface area (Å²) >= 11 is 0. The summed E-state index contributed by atoms with van der Waals surface area (Å²) < 4.78 is 0. The molecular weight excluding hydrogens is 332 g/mol. The van der Waals surface area contributed by atoms with Crippen molar-refractivity contribution in [2.24, 2.45) is 4.99 Å². The normalized spacial score (nSPS) is 12.5. The molecule has 2 aromatic rings. The Kier molecular flexibility index (Phi) is 7.57. The van der Waals surface area contributed by atoms with Crippen molar-refractivity contribution in [1.29, 1.82) is 0 Å². The molecule has 26 heavy (non-hydrogen) atoms. The molecule has 7 heteroatoms. The van der Waals surface area contributed by atoms with Crippen molar-refractivity contribution in [3.05, 3.63) is 75.8 Å². The van der Waals surface area contributed by atoms with E-state index < -0.39 is 4.92 Å². The molecule has 1 atom stereocenters. The molecule has 0 bridgehead atoms. The summed E-state index contributed by atoms with van der Waals surface area (Å²) in [6, 6.07) is 16.2. The maximum Gasteiger partial charge on any atom is 0.269 e. The van der Waals surface area contributed by atoms with E-state index in [0.717, 1.165) is 11.1 Å². The Labute approximate surface area is 152 Å². The molecule has 0 saturated heterocycles. The molecule has 2 rings (SSSR count). The maximum absolute atomic E-state index is 10.9. The molecule has 0 radical (unpaired) electrons. The van der Waals surface area contributed by atoms with Crippen LogP contribution in [0.3, 0.4) is 0 Å². The lowest BCUT2D eigenvalue weighted by Crippen LogP contribution is -2.39. The highest BCUT2D eigenvalue weighted by Gasteiger charge is 2.11. The summed E-state index contributed by atoms with van der Waals surface area (Å²) in [5.74, 6) is 0.561. The van der Waals surface area contributed by atoms with Gasteiger partial charge in [-0.25, -0.2) is 4.99 Å². The summed E-state index contributed by atoms with van der Waals surface area (Å²) in [5, 5.41) is 26.9. The molecule has 0 aromatic heterocycles. The number of nitro groups is 1. The minimum atomic E-state index is -0.414. The number of hydrogen-bond acceptors (Lipinski definition) is 4. The first-order valence-electron chi connectivity index (χ1n) is 8.55. The third-order valence-electron chi connectivity index (χ3n) is 3.89. The number of aliphatic hydroxyl groups excluding tert-OH is 1. The zero-order valence-corrected chi connectivity index (χ0v) is 14.8. The van der Waals surface area contributed by atoms with E-state index >= 15 is 0 Å². The molecule has 0 spiro atoms. The summed E-state index contributed by atoms with van der Waals surface area (Å²) in [6.07, 6.45) is 0. The van der Waals surface area contributed by atoms with Crippen LogP contribution in [-0.4, -0.2) is 35.7 Å². The summed E-state index contributed by atoms with van der Waals surface area (Å²) in [6.45, 7) is 3.54. The van der Waals surface area contributed by atoms with Crippen molar-refractivity contribution in [1.82, 2.24) is 10.6 Å². The van der Waals surface area contributed by atoms with Crippen LogP contribution in [0.15, 0.2) is 59.6 Å². The van der Waals surface area contributed by atoms with Crippen molar-refractivity contribution >= 4 is 11.6 Å². The second-order valence-electron chi connectivity index (χ2n) is 5.79. The lowest BCUT2D eigenvalue weighted by atomic mass is 10.0. The molecule has 0 fully saturated rings. The first-order valence-corrected chi connectivity index (χ1v) is 8.55. The molecule has 0 heterocycles.